The maximum Gasteiger partial charge on any atom is 0.310 e. The Bertz CT molecular complexity index is 258. The van der Waals surface area contributed by atoms with E-state index in [4.69, 9.17) is 9.47 Å². The van der Waals surface area contributed by atoms with Crippen molar-refractivity contribution < 1.29 is 14.3 Å². The number of rotatable bonds is 8. The molecule has 0 fully saturated rings. The van der Waals surface area contributed by atoms with Gasteiger partial charge in [-0.05, 0) is 44.6 Å². The molecule has 0 bridgehead atoms. The predicted octanol–water partition coefficient (Wildman–Crippen LogP) is 3.97. The zero-order valence-corrected chi connectivity index (χ0v) is 11.6. The lowest BCUT2D eigenvalue weighted by Gasteiger charge is -2.07. The highest BCUT2D eigenvalue weighted by Crippen LogP contribution is 2.18. The molecule has 0 amide bonds. The van der Waals surface area contributed by atoms with Crippen molar-refractivity contribution in [3.63, 3.8) is 0 Å². The minimum Gasteiger partial charge on any atom is -0.431 e. The Balaban J connectivity index is 2.04. The molecule has 0 saturated carbocycles. The summed E-state index contributed by atoms with van der Waals surface area (Å²) in [5.74, 6) is 0.804. The van der Waals surface area contributed by atoms with E-state index in [1.807, 2.05) is 0 Å². The van der Waals surface area contributed by atoms with Gasteiger partial charge in [0, 0.05) is 26.1 Å². The molecule has 0 radical (unpaired) electrons. The van der Waals surface area contributed by atoms with Gasteiger partial charge in [-0.2, -0.15) is 0 Å². The summed E-state index contributed by atoms with van der Waals surface area (Å²) in [5.41, 5.74) is 0. The third-order valence-electron chi connectivity index (χ3n) is 3.01. The Hall–Kier alpha value is -0.830. The number of carbonyl (C=O) groups excluding carboxylic acids is 1. The van der Waals surface area contributed by atoms with Crippen molar-refractivity contribution in [2.24, 2.45) is 0 Å². The lowest BCUT2D eigenvalue weighted by atomic mass is 10.2. The van der Waals surface area contributed by atoms with Crippen LogP contribution in [-0.4, -0.2) is 19.2 Å². The third kappa shape index (κ3) is 7.49. The van der Waals surface area contributed by atoms with E-state index in [0.29, 0.717) is 6.42 Å². The number of unbranched alkanes of at least 4 members (excludes halogenated alkanes) is 1. The average Bonchev–Trinajstić information content (AvgIpc) is 2.62. The summed E-state index contributed by atoms with van der Waals surface area (Å²) in [7, 11) is 0. The molecule has 0 spiro atoms. The summed E-state index contributed by atoms with van der Waals surface area (Å²) in [5, 5.41) is 0. The van der Waals surface area contributed by atoms with Gasteiger partial charge in [-0.25, -0.2) is 0 Å². The van der Waals surface area contributed by atoms with Crippen LogP contribution in [-0.2, 0) is 14.3 Å². The fraction of sp³-hybridized carbons (Fsp3) is 0.800. The number of allylic oxidation sites excluding steroid dienone is 2. The summed E-state index contributed by atoms with van der Waals surface area (Å²) in [6, 6.07) is 0. The van der Waals surface area contributed by atoms with Crippen LogP contribution in [0.15, 0.2) is 11.8 Å². The van der Waals surface area contributed by atoms with Crippen molar-refractivity contribution in [2.45, 2.75) is 64.7 Å². The molecule has 0 aliphatic heterocycles. The van der Waals surface area contributed by atoms with Gasteiger partial charge in [0.15, 0.2) is 0 Å². The monoisotopic (exact) mass is 254 g/mol. The van der Waals surface area contributed by atoms with E-state index in [0.717, 1.165) is 57.5 Å². The Labute approximate surface area is 111 Å². The van der Waals surface area contributed by atoms with Gasteiger partial charge in [0.2, 0.25) is 0 Å². The summed E-state index contributed by atoms with van der Waals surface area (Å²) < 4.78 is 10.7. The van der Waals surface area contributed by atoms with Gasteiger partial charge in [-0.1, -0.05) is 13.3 Å². The molecule has 0 unspecified atom stereocenters. The second-order valence-corrected chi connectivity index (χ2v) is 4.81. The molecule has 3 nitrogen and oxygen atoms in total. The van der Waals surface area contributed by atoms with Crippen molar-refractivity contribution in [1.82, 2.24) is 0 Å². The van der Waals surface area contributed by atoms with Crippen molar-refractivity contribution in [1.29, 1.82) is 0 Å². The third-order valence-corrected chi connectivity index (χ3v) is 3.01. The fourth-order valence-electron chi connectivity index (χ4n) is 2.00. The zero-order valence-electron chi connectivity index (χ0n) is 11.6. The highest BCUT2D eigenvalue weighted by molar-refractivity contribution is 5.70. The van der Waals surface area contributed by atoms with Gasteiger partial charge in [-0.3, -0.25) is 4.79 Å². The zero-order chi connectivity index (χ0) is 13.1. The molecule has 0 atom stereocenters. The molecule has 0 heterocycles. The molecule has 18 heavy (non-hydrogen) atoms. The summed E-state index contributed by atoms with van der Waals surface area (Å²) in [6.07, 6.45) is 11.0. The van der Waals surface area contributed by atoms with Gasteiger partial charge >= 0.3 is 5.97 Å². The fourth-order valence-corrected chi connectivity index (χ4v) is 2.00. The standard InChI is InChI=1S/C15H26O3/c1-2-12-17-13-8-7-11-15(16)18-14-9-5-3-4-6-10-14/h9H,2-8,10-13H2,1H3. The van der Waals surface area contributed by atoms with Crippen LogP contribution in [0.4, 0.5) is 0 Å². The van der Waals surface area contributed by atoms with Gasteiger partial charge < -0.3 is 9.47 Å². The minimum absolute atomic E-state index is 0.0846. The molecule has 1 aliphatic carbocycles. The van der Waals surface area contributed by atoms with Gasteiger partial charge in [-0.15, -0.1) is 0 Å². The van der Waals surface area contributed by atoms with Gasteiger partial charge in [0.1, 0.15) is 5.76 Å². The van der Waals surface area contributed by atoms with Crippen LogP contribution < -0.4 is 0 Å². The summed E-state index contributed by atoms with van der Waals surface area (Å²) in [6.45, 7) is 3.67. The molecule has 0 saturated heterocycles. The average molecular weight is 254 g/mol. The van der Waals surface area contributed by atoms with Crippen molar-refractivity contribution >= 4 is 5.97 Å². The summed E-state index contributed by atoms with van der Waals surface area (Å²) >= 11 is 0. The molecule has 0 N–H and O–H groups in total. The van der Waals surface area contributed by atoms with E-state index in [1.54, 1.807) is 0 Å². The van der Waals surface area contributed by atoms with E-state index in [9.17, 15) is 4.79 Å². The molecular weight excluding hydrogens is 228 g/mol. The molecule has 3 heteroatoms. The molecule has 0 aromatic rings. The first-order chi connectivity index (χ1) is 8.83. The maximum atomic E-state index is 11.6. The number of carbonyl (C=O) groups is 1. The Kier molecular flexibility index (Phi) is 8.57. The van der Waals surface area contributed by atoms with Gasteiger partial charge in [0.25, 0.3) is 0 Å². The molecular formula is C15H26O3. The lowest BCUT2D eigenvalue weighted by molar-refractivity contribution is -0.139. The largest absolute Gasteiger partial charge is 0.431 e. The number of hydrogen-bond donors (Lipinski definition) is 0. The molecule has 1 rings (SSSR count). The Morgan fingerprint density at radius 2 is 2.11 bits per heavy atom. The second kappa shape index (κ2) is 10.1. The number of ether oxygens (including phenoxy) is 2. The molecule has 104 valence electrons. The SMILES string of the molecule is CCCOCCCCC(=O)OC1=CCCCCC1. The van der Waals surface area contributed by atoms with E-state index in [-0.39, 0.29) is 5.97 Å². The normalized spacial score (nSPS) is 15.9. The highest BCUT2D eigenvalue weighted by atomic mass is 16.5. The van der Waals surface area contributed by atoms with E-state index < -0.39 is 0 Å². The van der Waals surface area contributed by atoms with Crippen molar-refractivity contribution in [2.75, 3.05) is 13.2 Å². The first kappa shape index (κ1) is 15.2. The van der Waals surface area contributed by atoms with Crippen LogP contribution in [0.5, 0.6) is 0 Å². The van der Waals surface area contributed by atoms with Crippen LogP contribution in [0.1, 0.15) is 64.7 Å². The number of hydrogen-bond acceptors (Lipinski definition) is 3. The van der Waals surface area contributed by atoms with Crippen LogP contribution in [0, 0.1) is 0 Å². The quantitative estimate of drug-likeness (QED) is 0.485. The molecule has 0 aromatic heterocycles. The summed E-state index contributed by atoms with van der Waals surface area (Å²) in [4.78, 5) is 11.6. The second-order valence-electron chi connectivity index (χ2n) is 4.81. The first-order valence-corrected chi connectivity index (χ1v) is 7.30. The van der Waals surface area contributed by atoms with Crippen molar-refractivity contribution in [3.8, 4) is 0 Å². The Morgan fingerprint density at radius 3 is 2.94 bits per heavy atom. The first-order valence-electron chi connectivity index (χ1n) is 7.30. The molecule has 0 aromatic carbocycles. The minimum atomic E-state index is -0.0846. The van der Waals surface area contributed by atoms with Crippen molar-refractivity contribution in [3.05, 3.63) is 11.8 Å². The smallest absolute Gasteiger partial charge is 0.310 e. The van der Waals surface area contributed by atoms with Crippen LogP contribution in [0.2, 0.25) is 0 Å². The van der Waals surface area contributed by atoms with Crippen LogP contribution in [0.25, 0.3) is 0 Å². The maximum absolute atomic E-state index is 11.6. The van der Waals surface area contributed by atoms with Gasteiger partial charge in [0.05, 0.1) is 0 Å². The van der Waals surface area contributed by atoms with E-state index in [2.05, 4.69) is 13.0 Å². The van der Waals surface area contributed by atoms with Crippen LogP contribution in [0.3, 0.4) is 0 Å². The van der Waals surface area contributed by atoms with E-state index >= 15 is 0 Å². The van der Waals surface area contributed by atoms with Crippen LogP contribution >= 0.6 is 0 Å². The topological polar surface area (TPSA) is 35.5 Å². The van der Waals surface area contributed by atoms with E-state index in [1.165, 1.54) is 12.8 Å². The lowest BCUT2D eigenvalue weighted by Crippen LogP contribution is -2.05. The predicted molar refractivity (Wildman–Crippen MR) is 72.2 cm³/mol. The highest BCUT2D eigenvalue weighted by Gasteiger charge is 2.09. The molecule has 1 aliphatic rings. The Morgan fingerprint density at radius 1 is 1.22 bits per heavy atom. The number of esters is 1.